The molecule has 0 spiro atoms. The third kappa shape index (κ3) is 0.608. The lowest BCUT2D eigenvalue weighted by atomic mass is 10.1. The van der Waals surface area contributed by atoms with E-state index < -0.39 is 0 Å². The maximum Gasteiger partial charge on any atom is 0.226 e. The monoisotopic (exact) mass is 117 g/mol. The standard InChI is InChI=1S/C4H7NOS/c1-2-3(6)5-4(2)7/h2,4,7H,1H3,(H,5,6). The summed E-state index contributed by atoms with van der Waals surface area (Å²) in [6, 6.07) is 0. The van der Waals surface area contributed by atoms with Crippen molar-refractivity contribution in [3.05, 3.63) is 0 Å². The van der Waals surface area contributed by atoms with Crippen LogP contribution in [-0.2, 0) is 4.79 Å². The molecule has 1 aliphatic heterocycles. The van der Waals surface area contributed by atoms with E-state index in [1.807, 2.05) is 6.92 Å². The Labute approximate surface area is 47.7 Å². The minimum absolute atomic E-state index is 0.104. The molecule has 0 bridgehead atoms. The summed E-state index contributed by atoms with van der Waals surface area (Å²) in [5.74, 6) is 0.225. The molecule has 0 aliphatic carbocycles. The zero-order chi connectivity index (χ0) is 5.44. The quantitative estimate of drug-likeness (QED) is 0.339. The molecular formula is C4H7NOS. The van der Waals surface area contributed by atoms with Crippen LogP contribution in [0.4, 0.5) is 0 Å². The number of carbonyl (C=O) groups excluding carboxylic acids is 1. The van der Waals surface area contributed by atoms with Crippen molar-refractivity contribution in [1.82, 2.24) is 5.32 Å². The summed E-state index contributed by atoms with van der Waals surface area (Å²) in [6.07, 6.45) is 0. The fraction of sp³-hybridized carbons (Fsp3) is 0.750. The molecule has 40 valence electrons. The Kier molecular flexibility index (Phi) is 0.995. The van der Waals surface area contributed by atoms with Gasteiger partial charge in [0, 0.05) is 0 Å². The molecule has 0 aromatic heterocycles. The first kappa shape index (κ1) is 4.97. The predicted octanol–water partition coefficient (Wildman–Crippen LogP) is 0.00820. The van der Waals surface area contributed by atoms with Crippen LogP contribution in [0, 0.1) is 5.92 Å². The van der Waals surface area contributed by atoms with Gasteiger partial charge < -0.3 is 5.32 Å². The summed E-state index contributed by atoms with van der Waals surface area (Å²) in [5.41, 5.74) is 0. The van der Waals surface area contributed by atoms with E-state index in [2.05, 4.69) is 17.9 Å². The molecular weight excluding hydrogens is 110 g/mol. The highest BCUT2D eigenvalue weighted by atomic mass is 32.1. The summed E-state index contributed by atoms with van der Waals surface area (Å²) in [6.45, 7) is 1.86. The second-order valence-corrected chi connectivity index (χ2v) is 2.30. The second kappa shape index (κ2) is 1.40. The number of rotatable bonds is 0. The van der Waals surface area contributed by atoms with Crippen LogP contribution >= 0.6 is 12.6 Å². The van der Waals surface area contributed by atoms with Crippen LogP contribution in [-0.4, -0.2) is 11.3 Å². The average molecular weight is 117 g/mol. The van der Waals surface area contributed by atoms with Crippen LogP contribution in [0.25, 0.3) is 0 Å². The van der Waals surface area contributed by atoms with Gasteiger partial charge in [0.25, 0.3) is 0 Å². The van der Waals surface area contributed by atoms with Gasteiger partial charge in [-0.25, -0.2) is 0 Å². The number of hydrogen-bond donors (Lipinski definition) is 2. The zero-order valence-corrected chi connectivity index (χ0v) is 4.90. The highest BCUT2D eigenvalue weighted by molar-refractivity contribution is 7.81. The van der Waals surface area contributed by atoms with E-state index in [4.69, 9.17) is 0 Å². The Morgan fingerprint density at radius 1 is 1.86 bits per heavy atom. The molecule has 3 heteroatoms. The van der Waals surface area contributed by atoms with Crippen molar-refractivity contribution >= 4 is 18.5 Å². The molecule has 0 aromatic rings. The summed E-state index contributed by atoms with van der Waals surface area (Å²) < 4.78 is 0. The van der Waals surface area contributed by atoms with Crippen LogP contribution in [0.15, 0.2) is 0 Å². The largest absolute Gasteiger partial charge is 0.343 e. The highest BCUT2D eigenvalue weighted by Crippen LogP contribution is 2.15. The number of thiol groups is 1. The molecule has 2 nitrogen and oxygen atoms in total. The van der Waals surface area contributed by atoms with Crippen LogP contribution in [0.1, 0.15) is 6.92 Å². The summed E-state index contributed by atoms with van der Waals surface area (Å²) in [7, 11) is 0. The molecule has 1 rings (SSSR count). The minimum atomic E-state index is 0.104. The fourth-order valence-corrected chi connectivity index (χ4v) is 0.712. The van der Waals surface area contributed by atoms with Crippen molar-refractivity contribution in [3.8, 4) is 0 Å². The normalized spacial score (nSPS) is 39.4. The molecule has 7 heavy (non-hydrogen) atoms. The lowest BCUT2D eigenvalue weighted by molar-refractivity contribution is -0.131. The van der Waals surface area contributed by atoms with E-state index in [0.29, 0.717) is 0 Å². The van der Waals surface area contributed by atoms with Gasteiger partial charge in [-0.1, -0.05) is 6.92 Å². The molecule has 1 amide bonds. The fourth-order valence-electron chi connectivity index (χ4n) is 0.449. The third-order valence-corrected chi connectivity index (χ3v) is 1.75. The van der Waals surface area contributed by atoms with Crippen LogP contribution in [0.3, 0.4) is 0 Å². The Balaban J connectivity index is 2.43. The average Bonchev–Trinajstić information content (AvgIpc) is 1.68. The Morgan fingerprint density at radius 3 is 2.43 bits per heavy atom. The van der Waals surface area contributed by atoms with Crippen molar-refractivity contribution in [2.45, 2.75) is 12.3 Å². The number of hydrogen-bond acceptors (Lipinski definition) is 2. The molecule has 1 aliphatic rings. The topological polar surface area (TPSA) is 29.1 Å². The van der Waals surface area contributed by atoms with Crippen LogP contribution in [0.2, 0.25) is 0 Å². The predicted molar refractivity (Wildman–Crippen MR) is 30.1 cm³/mol. The van der Waals surface area contributed by atoms with Crippen molar-refractivity contribution in [2.24, 2.45) is 5.92 Å². The van der Waals surface area contributed by atoms with Gasteiger partial charge in [0.15, 0.2) is 0 Å². The molecule has 1 N–H and O–H groups in total. The lowest BCUT2D eigenvalue weighted by Gasteiger charge is -2.29. The first-order valence-corrected chi connectivity index (χ1v) is 2.72. The molecule has 1 fully saturated rings. The van der Waals surface area contributed by atoms with Gasteiger partial charge in [-0.05, 0) is 0 Å². The summed E-state index contributed by atoms with van der Waals surface area (Å²) in [5, 5.41) is 2.68. The van der Waals surface area contributed by atoms with Gasteiger partial charge in [-0.2, -0.15) is 12.6 Å². The van der Waals surface area contributed by atoms with Crippen LogP contribution < -0.4 is 5.32 Å². The van der Waals surface area contributed by atoms with Gasteiger partial charge in [-0.15, -0.1) is 0 Å². The summed E-state index contributed by atoms with van der Waals surface area (Å²) >= 11 is 4.01. The van der Waals surface area contributed by atoms with Crippen molar-refractivity contribution in [2.75, 3.05) is 0 Å². The van der Waals surface area contributed by atoms with Gasteiger partial charge in [0.2, 0.25) is 5.91 Å². The molecule has 0 aromatic carbocycles. The van der Waals surface area contributed by atoms with Crippen molar-refractivity contribution in [3.63, 3.8) is 0 Å². The van der Waals surface area contributed by atoms with E-state index >= 15 is 0 Å². The van der Waals surface area contributed by atoms with E-state index in [9.17, 15) is 4.79 Å². The Hall–Kier alpha value is -0.180. The lowest BCUT2D eigenvalue weighted by Crippen LogP contribution is -2.53. The number of nitrogens with one attached hydrogen (secondary N) is 1. The summed E-state index contributed by atoms with van der Waals surface area (Å²) in [4.78, 5) is 10.3. The van der Waals surface area contributed by atoms with E-state index in [1.54, 1.807) is 0 Å². The SMILES string of the molecule is CC1C(=O)NC1S. The van der Waals surface area contributed by atoms with E-state index in [1.165, 1.54) is 0 Å². The molecule has 0 radical (unpaired) electrons. The second-order valence-electron chi connectivity index (χ2n) is 1.74. The number of β-lactam (4-membered cyclic amide) rings is 1. The van der Waals surface area contributed by atoms with Crippen molar-refractivity contribution < 1.29 is 4.79 Å². The van der Waals surface area contributed by atoms with Gasteiger partial charge in [0.1, 0.15) is 0 Å². The van der Waals surface area contributed by atoms with E-state index in [-0.39, 0.29) is 17.2 Å². The molecule has 1 saturated heterocycles. The van der Waals surface area contributed by atoms with Gasteiger partial charge in [0.05, 0.1) is 11.3 Å². The van der Waals surface area contributed by atoms with Crippen molar-refractivity contribution in [1.29, 1.82) is 0 Å². The Bertz CT molecular complexity index is 104. The maximum absolute atomic E-state index is 10.3. The van der Waals surface area contributed by atoms with Gasteiger partial charge in [-0.3, -0.25) is 4.79 Å². The smallest absolute Gasteiger partial charge is 0.226 e. The third-order valence-electron chi connectivity index (χ3n) is 1.18. The highest BCUT2D eigenvalue weighted by Gasteiger charge is 2.31. The molecule has 2 unspecified atom stereocenters. The number of amides is 1. The van der Waals surface area contributed by atoms with Crippen LogP contribution in [0.5, 0.6) is 0 Å². The molecule has 1 heterocycles. The first-order chi connectivity index (χ1) is 3.22. The van der Waals surface area contributed by atoms with Gasteiger partial charge >= 0.3 is 0 Å². The molecule has 0 saturated carbocycles. The zero-order valence-electron chi connectivity index (χ0n) is 4.01. The minimum Gasteiger partial charge on any atom is -0.343 e. The Morgan fingerprint density at radius 2 is 2.43 bits per heavy atom. The maximum atomic E-state index is 10.3. The molecule has 2 atom stereocenters. The number of carbonyl (C=O) groups is 1. The first-order valence-electron chi connectivity index (χ1n) is 2.20. The van der Waals surface area contributed by atoms with E-state index in [0.717, 1.165) is 0 Å².